The number of carboxylic acid groups (broad SMARTS) is 1. The van der Waals surface area contributed by atoms with Gasteiger partial charge < -0.3 is 20.5 Å². The summed E-state index contributed by atoms with van der Waals surface area (Å²) in [6.45, 7) is 0. The van der Waals surface area contributed by atoms with Crippen LogP contribution in [0.15, 0.2) is 16.2 Å². The van der Waals surface area contributed by atoms with Crippen LogP contribution >= 0.6 is 11.3 Å². The van der Waals surface area contributed by atoms with Crippen LogP contribution in [0.3, 0.4) is 0 Å². The SMILES string of the molecule is O=C(CCC1CCCC1)Nc1ccsc1-c1nc(C(=O)O)c(O)c(=O)[nH]1. The maximum atomic E-state index is 12.2. The Bertz CT molecular complexity index is 883. The number of aromatic nitrogens is 2. The van der Waals surface area contributed by atoms with Gasteiger partial charge in [-0.25, -0.2) is 9.78 Å². The van der Waals surface area contributed by atoms with E-state index in [0.717, 1.165) is 6.42 Å². The minimum atomic E-state index is -1.51. The molecule has 9 heteroatoms. The molecule has 1 saturated carbocycles. The number of nitrogens with one attached hydrogen (secondary N) is 2. The van der Waals surface area contributed by atoms with Crippen LogP contribution in [0, 0.1) is 5.92 Å². The van der Waals surface area contributed by atoms with Crippen molar-refractivity contribution >= 4 is 28.9 Å². The second-order valence-electron chi connectivity index (χ2n) is 6.32. The molecule has 0 aliphatic heterocycles. The molecule has 138 valence electrons. The standard InChI is InChI=1S/C17H19N3O5S/c21-11(6-5-9-3-1-2-4-9)18-10-7-8-26-14(10)15-19-12(17(24)25)13(22)16(23)20-15/h7-9,22H,1-6H2,(H,18,21)(H,24,25)(H,19,20,23). The number of hydrogen-bond donors (Lipinski definition) is 4. The Balaban J connectivity index is 1.77. The van der Waals surface area contributed by atoms with E-state index < -0.39 is 23.0 Å². The molecule has 26 heavy (non-hydrogen) atoms. The van der Waals surface area contributed by atoms with Gasteiger partial charge in [-0.05, 0) is 23.8 Å². The van der Waals surface area contributed by atoms with Crippen molar-refractivity contribution in [2.75, 3.05) is 5.32 Å². The quantitative estimate of drug-likeness (QED) is 0.612. The van der Waals surface area contributed by atoms with Crippen LogP contribution in [0.2, 0.25) is 0 Å². The van der Waals surface area contributed by atoms with Gasteiger partial charge in [-0.3, -0.25) is 9.59 Å². The first-order valence-corrected chi connectivity index (χ1v) is 9.28. The van der Waals surface area contributed by atoms with E-state index >= 15 is 0 Å². The van der Waals surface area contributed by atoms with Crippen molar-refractivity contribution in [2.24, 2.45) is 5.92 Å². The zero-order valence-electron chi connectivity index (χ0n) is 13.9. The molecule has 0 unspecified atom stereocenters. The number of H-pyrrole nitrogens is 1. The number of carbonyl (C=O) groups excluding carboxylic acids is 1. The van der Waals surface area contributed by atoms with Crippen LogP contribution < -0.4 is 10.9 Å². The van der Waals surface area contributed by atoms with Gasteiger partial charge in [0.2, 0.25) is 11.7 Å². The van der Waals surface area contributed by atoms with Crippen LogP contribution in [0.5, 0.6) is 5.75 Å². The lowest BCUT2D eigenvalue weighted by molar-refractivity contribution is -0.116. The Kier molecular flexibility index (Phi) is 5.36. The van der Waals surface area contributed by atoms with Crippen LogP contribution in [0.25, 0.3) is 10.7 Å². The molecule has 4 N–H and O–H groups in total. The van der Waals surface area contributed by atoms with Crippen LogP contribution in [-0.4, -0.2) is 32.1 Å². The predicted molar refractivity (Wildman–Crippen MR) is 96.6 cm³/mol. The van der Waals surface area contributed by atoms with Gasteiger partial charge in [0.15, 0.2) is 11.5 Å². The van der Waals surface area contributed by atoms with Crippen molar-refractivity contribution in [1.82, 2.24) is 9.97 Å². The fourth-order valence-electron chi connectivity index (χ4n) is 3.16. The van der Waals surface area contributed by atoms with E-state index in [4.69, 9.17) is 5.11 Å². The number of aromatic hydroxyl groups is 1. The Morgan fingerprint density at radius 3 is 2.77 bits per heavy atom. The van der Waals surface area contributed by atoms with Gasteiger partial charge in [0.05, 0.1) is 10.6 Å². The summed E-state index contributed by atoms with van der Waals surface area (Å²) in [5, 5.41) is 23.1. The third-order valence-electron chi connectivity index (χ3n) is 4.51. The molecule has 0 spiro atoms. The molecule has 0 aromatic carbocycles. The lowest BCUT2D eigenvalue weighted by Gasteiger charge is -2.10. The number of carbonyl (C=O) groups is 2. The molecule has 0 radical (unpaired) electrons. The molecule has 0 bridgehead atoms. The molecule has 0 saturated heterocycles. The number of amides is 1. The molecule has 8 nitrogen and oxygen atoms in total. The van der Waals surface area contributed by atoms with E-state index in [9.17, 15) is 19.5 Å². The predicted octanol–water partition coefficient (Wildman–Crippen LogP) is 2.81. The van der Waals surface area contributed by atoms with Gasteiger partial charge in [-0.1, -0.05) is 25.7 Å². The number of carboxylic acids is 1. The fourth-order valence-corrected chi connectivity index (χ4v) is 3.96. The van der Waals surface area contributed by atoms with Crippen molar-refractivity contribution in [1.29, 1.82) is 0 Å². The summed E-state index contributed by atoms with van der Waals surface area (Å²) in [6.07, 6.45) is 6.07. The molecule has 2 aromatic heterocycles. The third kappa shape index (κ3) is 3.93. The largest absolute Gasteiger partial charge is 0.501 e. The lowest BCUT2D eigenvalue weighted by atomic mass is 10.0. The Labute approximate surface area is 152 Å². The second-order valence-corrected chi connectivity index (χ2v) is 7.23. The fraction of sp³-hybridized carbons (Fsp3) is 0.412. The summed E-state index contributed by atoms with van der Waals surface area (Å²) in [7, 11) is 0. The smallest absolute Gasteiger partial charge is 0.358 e. The number of anilines is 1. The number of nitrogens with zero attached hydrogens (tertiary/aromatic N) is 1. The number of aromatic amines is 1. The highest BCUT2D eigenvalue weighted by Crippen LogP contribution is 2.32. The number of hydrogen-bond acceptors (Lipinski definition) is 6. The minimum Gasteiger partial charge on any atom is -0.501 e. The van der Waals surface area contributed by atoms with Gasteiger partial charge >= 0.3 is 5.97 Å². The van der Waals surface area contributed by atoms with Crippen molar-refractivity contribution < 1.29 is 19.8 Å². The van der Waals surface area contributed by atoms with Crippen molar-refractivity contribution in [3.05, 3.63) is 27.5 Å². The maximum Gasteiger partial charge on any atom is 0.358 e. The minimum absolute atomic E-state index is 0.00806. The van der Waals surface area contributed by atoms with Gasteiger partial charge in [-0.2, -0.15) is 0 Å². The van der Waals surface area contributed by atoms with Crippen LogP contribution in [-0.2, 0) is 4.79 Å². The topological polar surface area (TPSA) is 132 Å². The molecule has 3 rings (SSSR count). The van der Waals surface area contributed by atoms with E-state index in [1.165, 1.54) is 37.0 Å². The average molecular weight is 377 g/mol. The van der Waals surface area contributed by atoms with Gasteiger partial charge in [0.25, 0.3) is 5.56 Å². The molecule has 1 fully saturated rings. The summed E-state index contributed by atoms with van der Waals surface area (Å²) < 4.78 is 0. The Morgan fingerprint density at radius 1 is 1.35 bits per heavy atom. The van der Waals surface area contributed by atoms with Crippen LogP contribution in [0.4, 0.5) is 5.69 Å². The van der Waals surface area contributed by atoms with E-state index in [1.54, 1.807) is 11.4 Å². The molecule has 1 amide bonds. The molecular formula is C17H19N3O5S. The van der Waals surface area contributed by atoms with E-state index in [1.807, 2.05) is 0 Å². The lowest BCUT2D eigenvalue weighted by Crippen LogP contribution is -2.16. The molecular weight excluding hydrogens is 358 g/mol. The first kappa shape index (κ1) is 18.1. The Morgan fingerprint density at radius 2 is 2.08 bits per heavy atom. The van der Waals surface area contributed by atoms with E-state index in [0.29, 0.717) is 22.9 Å². The van der Waals surface area contributed by atoms with Gasteiger partial charge in [0, 0.05) is 6.42 Å². The highest BCUT2D eigenvalue weighted by atomic mass is 32.1. The zero-order chi connectivity index (χ0) is 18.7. The first-order valence-electron chi connectivity index (χ1n) is 8.40. The van der Waals surface area contributed by atoms with Gasteiger partial charge in [0.1, 0.15) is 0 Å². The molecule has 0 atom stereocenters. The number of aromatic carboxylic acids is 1. The monoisotopic (exact) mass is 377 g/mol. The molecule has 1 aliphatic carbocycles. The summed E-state index contributed by atoms with van der Waals surface area (Å²) in [4.78, 5) is 41.7. The highest BCUT2D eigenvalue weighted by molar-refractivity contribution is 7.14. The zero-order valence-corrected chi connectivity index (χ0v) is 14.8. The highest BCUT2D eigenvalue weighted by Gasteiger charge is 2.21. The van der Waals surface area contributed by atoms with E-state index in [-0.39, 0.29) is 11.7 Å². The summed E-state index contributed by atoms with van der Waals surface area (Å²) in [5.41, 5.74) is -1.22. The molecule has 2 heterocycles. The summed E-state index contributed by atoms with van der Waals surface area (Å²) in [5.74, 6) is -1.98. The summed E-state index contributed by atoms with van der Waals surface area (Å²) >= 11 is 1.20. The third-order valence-corrected chi connectivity index (χ3v) is 5.43. The normalized spacial score (nSPS) is 14.5. The van der Waals surface area contributed by atoms with Crippen molar-refractivity contribution in [3.8, 4) is 16.5 Å². The van der Waals surface area contributed by atoms with Crippen molar-refractivity contribution in [2.45, 2.75) is 38.5 Å². The Hall–Kier alpha value is -2.68. The molecule has 1 aliphatic rings. The van der Waals surface area contributed by atoms with E-state index in [2.05, 4.69) is 15.3 Å². The number of thiophene rings is 1. The number of rotatable bonds is 6. The van der Waals surface area contributed by atoms with Crippen LogP contribution in [0.1, 0.15) is 49.0 Å². The maximum absolute atomic E-state index is 12.2. The second kappa shape index (κ2) is 7.69. The molecule has 2 aromatic rings. The summed E-state index contributed by atoms with van der Waals surface area (Å²) in [6, 6.07) is 1.67. The average Bonchev–Trinajstić information content (AvgIpc) is 3.26. The van der Waals surface area contributed by atoms with Gasteiger partial charge in [-0.15, -0.1) is 11.3 Å². The van der Waals surface area contributed by atoms with Crippen molar-refractivity contribution in [3.63, 3.8) is 0 Å². The first-order chi connectivity index (χ1) is 12.5.